The van der Waals surface area contributed by atoms with Crippen LogP contribution < -0.4 is 24.3 Å². The molecule has 1 N–H and O–H groups in total. The molecule has 0 fully saturated rings. The molecular weight excluding hydrogens is 390 g/mol. The summed E-state index contributed by atoms with van der Waals surface area (Å²) in [6.45, 7) is 5.73. The van der Waals surface area contributed by atoms with Gasteiger partial charge in [0.2, 0.25) is 5.89 Å². The van der Waals surface area contributed by atoms with Crippen LogP contribution >= 0.6 is 0 Å². The van der Waals surface area contributed by atoms with Gasteiger partial charge in [0.15, 0.2) is 23.0 Å². The SMILES string of the molecule is CCOc1ccc(-c2nnc(NC(=O)c3ccc4c(c3)OCCO4)o2)cc1OCC. The van der Waals surface area contributed by atoms with Crippen molar-refractivity contribution in [3.05, 3.63) is 42.0 Å². The third-order valence-electron chi connectivity index (χ3n) is 4.24. The van der Waals surface area contributed by atoms with Gasteiger partial charge >= 0.3 is 6.01 Å². The van der Waals surface area contributed by atoms with Crippen LogP contribution in [0, 0.1) is 0 Å². The largest absolute Gasteiger partial charge is 0.490 e. The molecule has 9 heteroatoms. The Kier molecular flexibility index (Phi) is 5.69. The molecule has 3 aromatic rings. The highest BCUT2D eigenvalue weighted by Gasteiger charge is 2.18. The quantitative estimate of drug-likeness (QED) is 0.629. The topological polar surface area (TPSA) is 105 Å². The highest BCUT2D eigenvalue weighted by molar-refractivity contribution is 6.03. The van der Waals surface area contributed by atoms with Crippen molar-refractivity contribution in [3.63, 3.8) is 0 Å². The van der Waals surface area contributed by atoms with E-state index in [1.807, 2.05) is 13.8 Å². The Balaban J connectivity index is 1.50. The molecular formula is C21H21N3O6. The van der Waals surface area contributed by atoms with Crippen LogP contribution in [-0.2, 0) is 0 Å². The van der Waals surface area contributed by atoms with Crippen LogP contribution in [0.3, 0.4) is 0 Å². The van der Waals surface area contributed by atoms with Gasteiger partial charge in [-0.2, -0.15) is 0 Å². The minimum absolute atomic E-state index is 0.0169. The minimum atomic E-state index is -0.399. The first kappa shape index (κ1) is 19.6. The Labute approximate surface area is 172 Å². The van der Waals surface area contributed by atoms with Gasteiger partial charge in [0.1, 0.15) is 13.2 Å². The van der Waals surface area contributed by atoms with E-state index < -0.39 is 5.91 Å². The van der Waals surface area contributed by atoms with E-state index in [4.69, 9.17) is 23.4 Å². The molecule has 0 unspecified atom stereocenters. The van der Waals surface area contributed by atoms with Crippen molar-refractivity contribution in [1.29, 1.82) is 0 Å². The third-order valence-corrected chi connectivity index (χ3v) is 4.24. The number of aromatic nitrogens is 2. The summed E-state index contributed by atoms with van der Waals surface area (Å²) >= 11 is 0. The summed E-state index contributed by atoms with van der Waals surface area (Å²) in [4.78, 5) is 12.5. The molecule has 0 atom stereocenters. The Hall–Kier alpha value is -3.75. The molecule has 0 radical (unpaired) electrons. The zero-order valence-electron chi connectivity index (χ0n) is 16.6. The summed E-state index contributed by atoms with van der Waals surface area (Å²) in [5.74, 6) is 2.20. The molecule has 0 saturated heterocycles. The number of amides is 1. The summed E-state index contributed by atoms with van der Waals surface area (Å²) in [6.07, 6.45) is 0. The van der Waals surface area contributed by atoms with Crippen molar-refractivity contribution in [2.75, 3.05) is 31.7 Å². The summed E-state index contributed by atoms with van der Waals surface area (Å²) in [5, 5.41) is 10.5. The van der Waals surface area contributed by atoms with E-state index in [1.54, 1.807) is 36.4 Å². The second-order valence-corrected chi connectivity index (χ2v) is 6.25. The second-order valence-electron chi connectivity index (χ2n) is 6.25. The predicted octanol–water partition coefficient (Wildman–Crippen LogP) is 3.56. The molecule has 0 aliphatic carbocycles. The number of anilines is 1. The summed E-state index contributed by atoms with van der Waals surface area (Å²) in [6, 6.07) is 10.3. The molecule has 1 aliphatic rings. The summed E-state index contributed by atoms with van der Waals surface area (Å²) in [5.41, 5.74) is 1.04. The Bertz CT molecular complexity index is 1050. The average Bonchev–Trinajstić information content (AvgIpc) is 3.23. The van der Waals surface area contributed by atoms with Gasteiger partial charge in [-0.25, -0.2) is 0 Å². The molecule has 1 aromatic heterocycles. The number of nitrogens with zero attached hydrogens (tertiary/aromatic N) is 2. The monoisotopic (exact) mass is 411 g/mol. The van der Waals surface area contributed by atoms with Crippen LogP contribution in [0.2, 0.25) is 0 Å². The van der Waals surface area contributed by atoms with E-state index in [-0.39, 0.29) is 11.9 Å². The number of hydrogen-bond donors (Lipinski definition) is 1. The van der Waals surface area contributed by atoms with Crippen LogP contribution in [-0.4, -0.2) is 42.5 Å². The van der Waals surface area contributed by atoms with Crippen LogP contribution in [0.15, 0.2) is 40.8 Å². The van der Waals surface area contributed by atoms with E-state index in [0.717, 1.165) is 0 Å². The molecule has 0 saturated carbocycles. The van der Waals surface area contributed by atoms with Crippen LogP contribution in [0.1, 0.15) is 24.2 Å². The lowest BCUT2D eigenvalue weighted by Crippen LogP contribution is -2.17. The highest BCUT2D eigenvalue weighted by atomic mass is 16.6. The normalized spacial score (nSPS) is 12.3. The van der Waals surface area contributed by atoms with Crippen molar-refractivity contribution in [1.82, 2.24) is 10.2 Å². The van der Waals surface area contributed by atoms with E-state index in [9.17, 15) is 4.79 Å². The Morgan fingerprint density at radius 2 is 1.73 bits per heavy atom. The second kappa shape index (κ2) is 8.73. The zero-order chi connectivity index (χ0) is 20.9. The van der Waals surface area contributed by atoms with Crippen molar-refractivity contribution in [2.45, 2.75) is 13.8 Å². The fraction of sp³-hybridized carbons (Fsp3) is 0.286. The number of nitrogens with one attached hydrogen (secondary N) is 1. The van der Waals surface area contributed by atoms with Gasteiger partial charge in [-0.1, -0.05) is 5.10 Å². The lowest BCUT2D eigenvalue weighted by atomic mass is 10.2. The maximum atomic E-state index is 12.5. The Morgan fingerprint density at radius 1 is 0.967 bits per heavy atom. The molecule has 0 bridgehead atoms. The first-order chi connectivity index (χ1) is 14.7. The van der Waals surface area contributed by atoms with Gasteiger partial charge in [0.25, 0.3) is 5.91 Å². The lowest BCUT2D eigenvalue weighted by molar-refractivity contribution is 0.102. The number of fused-ring (bicyclic) bond motifs is 1. The van der Waals surface area contributed by atoms with Gasteiger partial charge in [-0.3, -0.25) is 10.1 Å². The van der Waals surface area contributed by atoms with E-state index >= 15 is 0 Å². The Morgan fingerprint density at radius 3 is 2.53 bits per heavy atom. The van der Waals surface area contributed by atoms with Gasteiger partial charge in [-0.15, -0.1) is 5.10 Å². The molecule has 0 spiro atoms. The van der Waals surface area contributed by atoms with Crippen LogP contribution in [0.25, 0.3) is 11.5 Å². The molecule has 2 heterocycles. The predicted molar refractivity (Wildman–Crippen MR) is 107 cm³/mol. The maximum Gasteiger partial charge on any atom is 0.322 e. The number of ether oxygens (including phenoxy) is 4. The number of rotatable bonds is 7. The van der Waals surface area contributed by atoms with Crippen molar-refractivity contribution >= 4 is 11.9 Å². The fourth-order valence-corrected chi connectivity index (χ4v) is 2.93. The molecule has 2 aromatic carbocycles. The first-order valence-electron chi connectivity index (χ1n) is 9.62. The zero-order valence-corrected chi connectivity index (χ0v) is 16.6. The maximum absolute atomic E-state index is 12.5. The number of carbonyl (C=O) groups excluding carboxylic acids is 1. The third kappa shape index (κ3) is 4.14. The smallest absolute Gasteiger partial charge is 0.322 e. The first-order valence-corrected chi connectivity index (χ1v) is 9.62. The molecule has 156 valence electrons. The molecule has 4 rings (SSSR count). The highest BCUT2D eigenvalue weighted by Crippen LogP contribution is 2.33. The lowest BCUT2D eigenvalue weighted by Gasteiger charge is -2.18. The van der Waals surface area contributed by atoms with E-state index in [0.29, 0.717) is 60.6 Å². The van der Waals surface area contributed by atoms with Gasteiger partial charge in [0.05, 0.1) is 13.2 Å². The van der Waals surface area contributed by atoms with Crippen molar-refractivity contribution < 1.29 is 28.2 Å². The van der Waals surface area contributed by atoms with Gasteiger partial charge in [0, 0.05) is 11.1 Å². The van der Waals surface area contributed by atoms with Crippen molar-refractivity contribution in [3.8, 4) is 34.5 Å². The van der Waals surface area contributed by atoms with Gasteiger partial charge < -0.3 is 23.4 Å². The minimum Gasteiger partial charge on any atom is -0.490 e. The van der Waals surface area contributed by atoms with Crippen LogP contribution in [0.4, 0.5) is 6.01 Å². The molecule has 30 heavy (non-hydrogen) atoms. The molecule has 1 aliphatic heterocycles. The van der Waals surface area contributed by atoms with E-state index in [1.165, 1.54) is 0 Å². The van der Waals surface area contributed by atoms with Crippen molar-refractivity contribution in [2.24, 2.45) is 0 Å². The number of carbonyl (C=O) groups is 1. The fourth-order valence-electron chi connectivity index (χ4n) is 2.93. The molecule has 1 amide bonds. The standard InChI is InChI=1S/C21H21N3O6/c1-3-26-15-8-6-14(12-17(15)27-4-2)20-23-24-21(30-20)22-19(25)13-5-7-16-18(11-13)29-10-9-28-16/h5-8,11-12H,3-4,9-10H2,1-2H3,(H,22,24,25). The summed E-state index contributed by atoms with van der Waals surface area (Å²) < 4.78 is 27.7. The van der Waals surface area contributed by atoms with Gasteiger partial charge in [-0.05, 0) is 50.2 Å². The molecule has 9 nitrogen and oxygen atoms in total. The average molecular weight is 411 g/mol. The summed E-state index contributed by atoms with van der Waals surface area (Å²) in [7, 11) is 0. The van der Waals surface area contributed by atoms with Crippen LogP contribution in [0.5, 0.6) is 23.0 Å². The number of benzene rings is 2. The number of hydrogen-bond acceptors (Lipinski definition) is 8. The van der Waals surface area contributed by atoms with E-state index in [2.05, 4.69) is 15.5 Å².